The van der Waals surface area contributed by atoms with Crippen LogP contribution in [0.15, 0.2) is 4.79 Å². The molecular weight excluding hydrogens is 282 g/mol. The maximum absolute atomic E-state index is 12.5. The van der Waals surface area contributed by atoms with Crippen LogP contribution in [0.2, 0.25) is 0 Å². The van der Waals surface area contributed by atoms with Crippen LogP contribution in [0, 0.1) is 5.92 Å². The van der Waals surface area contributed by atoms with Crippen LogP contribution >= 0.6 is 11.3 Å². The third kappa shape index (κ3) is 2.42. The van der Waals surface area contributed by atoms with Crippen LogP contribution in [-0.4, -0.2) is 16.0 Å². The number of nitrogens with zero attached hydrogens (tertiary/aromatic N) is 1. The Bertz CT molecular complexity index is 744. The number of aromatic amines is 1. The SMILES string of the molecule is C[C@H]1CCc2c(sc3nc([C@@H](C)[NH2+]C4CC4)[nH]c(=O)c23)C1. The summed E-state index contributed by atoms with van der Waals surface area (Å²) in [6, 6.07) is 0.978. The fraction of sp³-hybridized carbons (Fsp3) is 0.625. The summed E-state index contributed by atoms with van der Waals surface area (Å²) in [6.45, 7) is 4.43. The molecule has 21 heavy (non-hydrogen) atoms. The number of nitrogens with two attached hydrogens (primary N) is 1. The molecule has 3 N–H and O–H groups in total. The highest BCUT2D eigenvalue weighted by Gasteiger charge is 2.29. The summed E-state index contributed by atoms with van der Waals surface area (Å²) < 4.78 is 0. The Morgan fingerprint density at radius 1 is 1.38 bits per heavy atom. The normalized spacial score (nSPS) is 23.2. The van der Waals surface area contributed by atoms with Gasteiger partial charge in [-0.2, -0.15) is 0 Å². The highest BCUT2D eigenvalue weighted by Crippen LogP contribution is 2.35. The second kappa shape index (κ2) is 4.92. The molecule has 0 aliphatic heterocycles. The first kappa shape index (κ1) is 13.5. The number of nitrogens with one attached hydrogen (secondary N) is 1. The first-order valence-electron chi connectivity index (χ1n) is 8.01. The van der Waals surface area contributed by atoms with E-state index in [1.165, 1.54) is 29.7 Å². The minimum Gasteiger partial charge on any atom is -0.335 e. The van der Waals surface area contributed by atoms with Gasteiger partial charge in [-0.1, -0.05) is 6.92 Å². The lowest BCUT2D eigenvalue weighted by molar-refractivity contribution is -0.706. The van der Waals surface area contributed by atoms with Gasteiger partial charge >= 0.3 is 0 Å². The standard InChI is InChI=1S/C16H21N3OS/c1-8-3-6-11-12(7-8)21-16-13(11)15(20)18-14(19-16)9(2)17-10-4-5-10/h8-10,17H,3-7H2,1-2H3,(H,18,19,20)/p+1/t8-,9+/m0/s1. The molecule has 2 aromatic rings. The molecule has 4 rings (SSSR count). The molecule has 4 nitrogen and oxygen atoms in total. The molecule has 112 valence electrons. The van der Waals surface area contributed by atoms with Gasteiger partial charge in [0.2, 0.25) is 0 Å². The molecule has 1 fully saturated rings. The quantitative estimate of drug-likeness (QED) is 0.909. The van der Waals surface area contributed by atoms with Crippen molar-refractivity contribution >= 4 is 21.6 Å². The number of thiophene rings is 1. The van der Waals surface area contributed by atoms with Crippen LogP contribution < -0.4 is 10.9 Å². The Morgan fingerprint density at radius 3 is 2.95 bits per heavy atom. The van der Waals surface area contributed by atoms with Crippen LogP contribution in [0.4, 0.5) is 0 Å². The van der Waals surface area contributed by atoms with Gasteiger partial charge in [-0.15, -0.1) is 11.3 Å². The Kier molecular flexibility index (Phi) is 3.15. The Morgan fingerprint density at radius 2 is 2.19 bits per heavy atom. The number of fused-ring (bicyclic) bond motifs is 3. The summed E-state index contributed by atoms with van der Waals surface area (Å²) in [5.74, 6) is 1.57. The van der Waals surface area contributed by atoms with Gasteiger partial charge in [0.05, 0.1) is 11.4 Å². The molecule has 2 aromatic heterocycles. The third-order valence-corrected chi connectivity index (χ3v) is 5.95. The van der Waals surface area contributed by atoms with Crippen LogP contribution in [-0.2, 0) is 12.8 Å². The molecule has 2 aliphatic rings. The minimum absolute atomic E-state index is 0.0677. The van der Waals surface area contributed by atoms with Crippen molar-refractivity contribution in [2.75, 3.05) is 0 Å². The Hall–Kier alpha value is -1.20. The zero-order valence-electron chi connectivity index (χ0n) is 12.6. The number of quaternary nitrogens is 1. The molecule has 2 heterocycles. The highest BCUT2D eigenvalue weighted by molar-refractivity contribution is 7.18. The largest absolute Gasteiger partial charge is 0.335 e. The zero-order chi connectivity index (χ0) is 14.6. The molecule has 0 unspecified atom stereocenters. The summed E-state index contributed by atoms with van der Waals surface area (Å²) in [7, 11) is 0. The van der Waals surface area contributed by atoms with Gasteiger partial charge < -0.3 is 10.3 Å². The van der Waals surface area contributed by atoms with Crippen molar-refractivity contribution in [1.29, 1.82) is 0 Å². The molecule has 2 aliphatic carbocycles. The first-order chi connectivity index (χ1) is 10.1. The molecule has 5 heteroatoms. The summed E-state index contributed by atoms with van der Waals surface area (Å²) in [5, 5.41) is 3.20. The molecule has 0 radical (unpaired) electrons. The number of rotatable bonds is 3. The van der Waals surface area contributed by atoms with Crippen molar-refractivity contribution in [2.24, 2.45) is 5.92 Å². The summed E-state index contributed by atoms with van der Waals surface area (Å²) in [5.41, 5.74) is 1.34. The molecule has 0 bridgehead atoms. The lowest BCUT2D eigenvalue weighted by atomic mass is 9.89. The fourth-order valence-electron chi connectivity index (χ4n) is 3.37. The van der Waals surface area contributed by atoms with Gasteiger partial charge in [-0.3, -0.25) is 4.79 Å². The smallest absolute Gasteiger partial charge is 0.260 e. The molecule has 2 atom stereocenters. The molecule has 0 spiro atoms. The molecule has 1 saturated carbocycles. The van der Waals surface area contributed by atoms with Crippen LogP contribution in [0.25, 0.3) is 10.2 Å². The van der Waals surface area contributed by atoms with Gasteiger partial charge in [0.15, 0.2) is 5.82 Å². The van der Waals surface area contributed by atoms with Crippen molar-refractivity contribution in [2.45, 2.75) is 58.0 Å². The topological polar surface area (TPSA) is 62.4 Å². The van der Waals surface area contributed by atoms with E-state index in [2.05, 4.69) is 24.1 Å². The van der Waals surface area contributed by atoms with Crippen LogP contribution in [0.3, 0.4) is 0 Å². The lowest BCUT2D eigenvalue weighted by Crippen LogP contribution is -2.86. The van der Waals surface area contributed by atoms with E-state index in [4.69, 9.17) is 4.98 Å². The molecule has 0 amide bonds. The number of aryl methyl sites for hydroxylation is 1. The van der Waals surface area contributed by atoms with Gasteiger partial charge in [-0.25, -0.2) is 4.98 Å². The zero-order valence-corrected chi connectivity index (χ0v) is 13.4. The second-order valence-electron chi connectivity index (χ2n) is 6.80. The van der Waals surface area contributed by atoms with E-state index < -0.39 is 0 Å². The maximum Gasteiger partial charge on any atom is 0.260 e. The Labute approximate surface area is 128 Å². The Balaban J connectivity index is 1.77. The van der Waals surface area contributed by atoms with Crippen LogP contribution in [0.5, 0.6) is 0 Å². The molecular formula is C16H22N3OS+. The monoisotopic (exact) mass is 304 g/mol. The highest BCUT2D eigenvalue weighted by atomic mass is 32.1. The lowest BCUT2D eigenvalue weighted by Gasteiger charge is -2.17. The predicted molar refractivity (Wildman–Crippen MR) is 84.8 cm³/mol. The summed E-state index contributed by atoms with van der Waals surface area (Å²) >= 11 is 1.74. The van der Waals surface area contributed by atoms with Crippen LogP contribution in [0.1, 0.15) is 55.4 Å². The fourth-order valence-corrected chi connectivity index (χ4v) is 4.76. The van der Waals surface area contributed by atoms with E-state index in [0.29, 0.717) is 0 Å². The van der Waals surface area contributed by atoms with Crippen molar-refractivity contribution in [3.63, 3.8) is 0 Å². The second-order valence-corrected chi connectivity index (χ2v) is 7.89. The van der Waals surface area contributed by atoms with Gasteiger partial charge in [0, 0.05) is 17.7 Å². The number of hydrogen-bond acceptors (Lipinski definition) is 3. The van der Waals surface area contributed by atoms with Gasteiger partial charge in [0.1, 0.15) is 10.9 Å². The van der Waals surface area contributed by atoms with E-state index in [1.807, 2.05) is 0 Å². The van der Waals surface area contributed by atoms with Gasteiger partial charge in [-0.05, 0) is 37.7 Å². The molecule has 0 saturated heterocycles. The summed E-state index contributed by atoms with van der Waals surface area (Å²) in [4.78, 5) is 22.7. The third-order valence-electron chi connectivity index (χ3n) is 4.80. The van der Waals surface area contributed by atoms with Crippen molar-refractivity contribution in [3.8, 4) is 0 Å². The van der Waals surface area contributed by atoms with E-state index >= 15 is 0 Å². The number of aromatic nitrogens is 2. The minimum atomic E-state index is 0.0677. The average Bonchev–Trinajstić information content (AvgIpc) is 3.16. The number of hydrogen-bond donors (Lipinski definition) is 2. The van der Waals surface area contributed by atoms with Crippen molar-refractivity contribution < 1.29 is 5.32 Å². The molecule has 0 aromatic carbocycles. The van der Waals surface area contributed by atoms with E-state index in [0.717, 1.165) is 40.8 Å². The van der Waals surface area contributed by atoms with E-state index in [9.17, 15) is 4.79 Å². The predicted octanol–water partition coefficient (Wildman–Crippen LogP) is 1.90. The maximum atomic E-state index is 12.5. The number of H-pyrrole nitrogens is 1. The van der Waals surface area contributed by atoms with E-state index in [1.54, 1.807) is 11.3 Å². The average molecular weight is 304 g/mol. The van der Waals surface area contributed by atoms with Gasteiger partial charge in [0.25, 0.3) is 5.56 Å². The first-order valence-corrected chi connectivity index (χ1v) is 8.83. The van der Waals surface area contributed by atoms with Crippen molar-refractivity contribution in [1.82, 2.24) is 9.97 Å². The summed E-state index contributed by atoms with van der Waals surface area (Å²) in [6.07, 6.45) is 5.91. The van der Waals surface area contributed by atoms with E-state index in [-0.39, 0.29) is 11.6 Å². The van der Waals surface area contributed by atoms with Crippen molar-refractivity contribution in [3.05, 3.63) is 26.6 Å².